The highest BCUT2D eigenvalue weighted by molar-refractivity contribution is 6.76. The molecule has 2 aliphatic rings. The Kier molecular flexibility index (Phi) is 12.7. The average Bonchev–Trinajstić information content (AvgIpc) is 4.21. The highest BCUT2D eigenvalue weighted by Gasteiger charge is 2.43. The van der Waals surface area contributed by atoms with E-state index in [0.29, 0.717) is 18.2 Å². The van der Waals surface area contributed by atoms with Gasteiger partial charge in [-0.3, -0.25) is 9.59 Å². The first-order valence-electron chi connectivity index (χ1n) is 22.4. The molecule has 4 unspecified atom stereocenters. The first kappa shape index (κ1) is 44.6. The van der Waals surface area contributed by atoms with Crippen LogP contribution in [0.25, 0.3) is 44.3 Å². The maximum atomic E-state index is 12.1. The van der Waals surface area contributed by atoms with Crippen molar-refractivity contribution < 1.29 is 23.7 Å². The number of nitrogens with one attached hydrogen (secondary N) is 1. The lowest BCUT2D eigenvalue weighted by atomic mass is 10.1. The number of benzene rings is 4. The topological polar surface area (TPSA) is 137 Å². The smallest absolute Gasteiger partial charge is 0.250 e. The number of aromatic amines is 1. The third-order valence-corrected chi connectivity index (χ3v) is 13.9. The van der Waals surface area contributed by atoms with Gasteiger partial charge in [-0.1, -0.05) is 56.0 Å². The van der Waals surface area contributed by atoms with Gasteiger partial charge in [0.1, 0.15) is 40.9 Å². The Morgan fingerprint density at radius 2 is 1.20 bits per heavy atom. The summed E-state index contributed by atoms with van der Waals surface area (Å²) in [5.41, 5.74) is 6.86. The summed E-state index contributed by atoms with van der Waals surface area (Å²) in [5.74, 6) is 5.19. The highest BCUT2D eigenvalue weighted by atomic mass is 28.3. The van der Waals surface area contributed by atoms with E-state index >= 15 is 0 Å². The molecule has 1 N–H and O–H groups in total. The second-order valence-electron chi connectivity index (χ2n) is 18.3. The van der Waals surface area contributed by atoms with Crippen molar-refractivity contribution in [2.24, 2.45) is 14.1 Å². The van der Waals surface area contributed by atoms with E-state index in [4.69, 9.17) is 33.7 Å². The van der Waals surface area contributed by atoms with Crippen LogP contribution in [0.1, 0.15) is 36.3 Å². The summed E-state index contributed by atoms with van der Waals surface area (Å²) >= 11 is 0. The molecule has 66 heavy (non-hydrogen) atoms. The average molecular weight is 905 g/mol. The predicted octanol–water partition coefficient (Wildman–Crippen LogP) is 10.2. The van der Waals surface area contributed by atoms with Crippen molar-refractivity contribution in [2.45, 2.75) is 69.3 Å². The number of rotatable bonds is 15. The first-order chi connectivity index (χ1) is 31.9. The van der Waals surface area contributed by atoms with Crippen LogP contribution in [0.15, 0.2) is 131 Å². The summed E-state index contributed by atoms with van der Waals surface area (Å²) in [6.45, 7) is 8.24. The van der Waals surface area contributed by atoms with Crippen LogP contribution < -0.4 is 20.6 Å². The quantitative estimate of drug-likeness (QED) is 0.0787. The number of ether oxygens (including phenoxy) is 5. The van der Waals surface area contributed by atoms with Gasteiger partial charge in [-0.15, -0.1) is 0 Å². The van der Waals surface area contributed by atoms with Crippen LogP contribution in [-0.2, 0) is 35.0 Å². The van der Waals surface area contributed by atoms with E-state index in [0.717, 1.165) is 93.0 Å². The molecule has 0 radical (unpaired) electrons. The van der Waals surface area contributed by atoms with Gasteiger partial charge in [0.05, 0.1) is 23.2 Å². The van der Waals surface area contributed by atoms with E-state index in [1.54, 1.807) is 49.6 Å². The molecule has 2 saturated carbocycles. The van der Waals surface area contributed by atoms with Crippen LogP contribution >= 0.6 is 0 Å². The fourth-order valence-electron chi connectivity index (χ4n) is 8.19. The second-order valence-corrected chi connectivity index (χ2v) is 23.9. The Labute approximate surface area is 384 Å². The van der Waals surface area contributed by atoms with Crippen LogP contribution in [-0.4, -0.2) is 69.8 Å². The third kappa shape index (κ3) is 9.68. The molecule has 4 heterocycles. The van der Waals surface area contributed by atoms with Crippen LogP contribution in [0.2, 0.25) is 25.7 Å². The van der Waals surface area contributed by atoms with Crippen molar-refractivity contribution in [3.05, 3.63) is 154 Å². The maximum absolute atomic E-state index is 12.1. The number of methoxy groups -OCH3 is 2. The van der Waals surface area contributed by atoms with Crippen LogP contribution in [0.3, 0.4) is 0 Å². The normalized spacial score (nSPS) is 17.7. The minimum atomic E-state index is -1.19. The van der Waals surface area contributed by atoms with Gasteiger partial charge in [0.25, 0.3) is 0 Å². The van der Waals surface area contributed by atoms with Crippen LogP contribution in [0.4, 0.5) is 0 Å². The summed E-state index contributed by atoms with van der Waals surface area (Å²) in [7, 11) is 5.79. The van der Waals surface area contributed by atoms with Crippen molar-refractivity contribution in [3.63, 3.8) is 0 Å². The van der Waals surface area contributed by atoms with E-state index in [9.17, 15) is 9.59 Å². The molecular weight excluding hydrogens is 849 g/mol. The fourth-order valence-corrected chi connectivity index (χ4v) is 8.94. The van der Waals surface area contributed by atoms with Gasteiger partial charge in [0.15, 0.2) is 11.5 Å². The molecule has 10 rings (SSSR count). The molecular formula is C52H56N6O7Si. The summed E-state index contributed by atoms with van der Waals surface area (Å²) < 4.78 is 35.4. The number of para-hydroxylation sites is 2. The zero-order valence-electron chi connectivity index (χ0n) is 38.5. The number of pyridine rings is 2. The Bertz CT molecular complexity index is 3120. The monoisotopic (exact) mass is 904 g/mol. The van der Waals surface area contributed by atoms with Gasteiger partial charge >= 0.3 is 0 Å². The Morgan fingerprint density at radius 3 is 1.73 bits per heavy atom. The molecule has 0 aliphatic heterocycles. The number of fused-ring (bicyclic) bond motifs is 2. The zero-order chi connectivity index (χ0) is 46.1. The second kappa shape index (κ2) is 18.7. The van der Waals surface area contributed by atoms with E-state index < -0.39 is 8.07 Å². The number of imidazole rings is 2. The summed E-state index contributed by atoms with van der Waals surface area (Å²) in [4.78, 5) is 37.3. The SMILES string of the molecule is COC1CC1c1nc2c(Oc3ccccc3)c(-c3ccc(=O)n(C)c3)ccc2[nH]1.COC1CC1c1nc2c(Oc3ccccc3)c(-c3ccc(=O)n(C)c3)ccc2n1COCC[Si](C)(C)C. The third-order valence-electron chi connectivity index (χ3n) is 12.2. The standard InChI is InChI=1S/C29H35N3O4Si.C23H21N3O3/c1-31-18-20(11-14-26(31)33)22-12-13-24-27(28(22)36-21-9-7-6-8-10-21)30-29(23-17-25(23)34-2)32(24)19-35-15-16-37(3,4)5;1-26-13-14(8-11-20(26)27)16-9-10-18-21(22(16)29-15-6-4-3-5-7-15)25-23(24-18)17-12-19(17)28-2/h6-14,18,23,25H,15-17,19H2,1-5H3;3-11,13,17,19H,12H2,1-2H3,(H,24,25). The van der Waals surface area contributed by atoms with Gasteiger partial charge < -0.3 is 42.4 Å². The Balaban J connectivity index is 0.000000171. The van der Waals surface area contributed by atoms with Gasteiger partial charge in [-0.25, -0.2) is 9.97 Å². The number of hydrogen-bond donors (Lipinski definition) is 1. The number of aryl methyl sites for hydroxylation is 2. The van der Waals surface area contributed by atoms with Gasteiger partial charge in [0, 0.05) is 102 Å². The molecule has 0 amide bonds. The van der Waals surface area contributed by atoms with E-state index in [1.807, 2.05) is 103 Å². The molecule has 0 bridgehead atoms. The predicted molar refractivity (Wildman–Crippen MR) is 261 cm³/mol. The molecule has 340 valence electrons. The molecule has 4 atom stereocenters. The van der Waals surface area contributed by atoms with Crippen molar-refractivity contribution in [1.82, 2.24) is 28.7 Å². The number of hydrogen-bond acceptors (Lipinski definition) is 9. The van der Waals surface area contributed by atoms with Gasteiger partial charge in [-0.05, 0) is 79.5 Å². The van der Waals surface area contributed by atoms with Crippen LogP contribution in [0, 0.1) is 0 Å². The molecule has 0 saturated heterocycles. The molecule has 13 nitrogen and oxygen atoms in total. The summed E-state index contributed by atoms with van der Waals surface area (Å²) in [5, 5.41) is 0. The first-order valence-corrected chi connectivity index (χ1v) is 26.1. The molecule has 14 heteroatoms. The molecule has 0 spiro atoms. The molecule has 4 aromatic carbocycles. The highest BCUT2D eigenvalue weighted by Crippen LogP contribution is 2.47. The number of nitrogens with zero attached hydrogens (tertiary/aromatic N) is 5. The largest absolute Gasteiger partial charge is 0.454 e. The minimum absolute atomic E-state index is 0.0539. The van der Waals surface area contributed by atoms with Crippen molar-refractivity contribution in [3.8, 4) is 45.3 Å². The summed E-state index contributed by atoms with van der Waals surface area (Å²) in [6, 6.07) is 35.4. The molecule has 2 aliphatic carbocycles. The minimum Gasteiger partial charge on any atom is -0.454 e. The van der Waals surface area contributed by atoms with Crippen molar-refractivity contribution in [2.75, 3.05) is 20.8 Å². The van der Waals surface area contributed by atoms with Gasteiger partial charge in [-0.2, -0.15) is 0 Å². The van der Waals surface area contributed by atoms with Crippen molar-refractivity contribution in [1.29, 1.82) is 0 Å². The summed E-state index contributed by atoms with van der Waals surface area (Å²) in [6.07, 6.45) is 5.95. The molecule has 8 aromatic rings. The Hall–Kier alpha value is -6.58. The lowest BCUT2D eigenvalue weighted by molar-refractivity contribution is 0.0870. The maximum Gasteiger partial charge on any atom is 0.250 e. The molecule has 4 aromatic heterocycles. The van der Waals surface area contributed by atoms with E-state index in [-0.39, 0.29) is 35.2 Å². The Morgan fingerprint density at radius 1 is 0.652 bits per heavy atom. The number of H-pyrrole nitrogens is 1. The van der Waals surface area contributed by atoms with Gasteiger partial charge in [0.2, 0.25) is 11.1 Å². The van der Waals surface area contributed by atoms with Crippen LogP contribution in [0.5, 0.6) is 23.0 Å². The lowest BCUT2D eigenvalue weighted by Gasteiger charge is -2.17. The zero-order valence-corrected chi connectivity index (χ0v) is 39.5. The number of aromatic nitrogens is 6. The van der Waals surface area contributed by atoms with E-state index in [2.05, 4.69) is 35.3 Å². The molecule has 2 fully saturated rings. The fraction of sp³-hybridized carbons (Fsp3) is 0.308. The lowest BCUT2D eigenvalue weighted by Crippen LogP contribution is -2.22. The van der Waals surface area contributed by atoms with E-state index in [1.165, 1.54) is 0 Å². The van der Waals surface area contributed by atoms with Crippen molar-refractivity contribution >= 4 is 30.1 Å².